The second-order valence-electron chi connectivity index (χ2n) is 6.28. The summed E-state index contributed by atoms with van der Waals surface area (Å²) in [7, 11) is 0. The molecule has 1 saturated carbocycles. The molecule has 1 fully saturated rings. The van der Waals surface area contributed by atoms with E-state index in [1.165, 1.54) is 16.9 Å². The Labute approximate surface area is 133 Å². The van der Waals surface area contributed by atoms with Gasteiger partial charge in [0.2, 0.25) is 0 Å². The zero-order valence-electron chi connectivity index (χ0n) is 13.4. The Kier molecular flexibility index (Phi) is 5.72. The topological polar surface area (TPSA) is 35.8 Å². The van der Waals surface area contributed by atoms with Crippen molar-refractivity contribution >= 4 is 11.8 Å². The minimum absolute atomic E-state index is 0.303. The molecule has 2 nitrogen and oxygen atoms in total. The first-order valence-corrected chi connectivity index (χ1v) is 8.89. The average Bonchev–Trinajstić information content (AvgIpc) is 2.48. The van der Waals surface area contributed by atoms with E-state index in [-0.39, 0.29) is 5.54 Å². The number of hydrogen-bond donors (Lipinski definition) is 1. The molecule has 0 radical (unpaired) electrons. The van der Waals surface area contributed by atoms with Gasteiger partial charge in [-0.2, -0.15) is 5.26 Å². The smallest absolute Gasteiger partial charge is 0.107 e. The molecule has 0 saturated heterocycles. The van der Waals surface area contributed by atoms with Crippen LogP contribution in [-0.4, -0.2) is 17.3 Å². The van der Waals surface area contributed by atoms with Crippen molar-refractivity contribution in [1.82, 2.24) is 5.32 Å². The highest BCUT2D eigenvalue weighted by molar-refractivity contribution is 8.00. The maximum absolute atomic E-state index is 9.53. The Balaban J connectivity index is 2.01. The highest BCUT2D eigenvalue weighted by Gasteiger charge is 2.36. The van der Waals surface area contributed by atoms with Crippen LogP contribution in [-0.2, 0) is 0 Å². The molecule has 3 heteroatoms. The highest BCUT2D eigenvalue weighted by Crippen LogP contribution is 2.38. The van der Waals surface area contributed by atoms with E-state index in [2.05, 4.69) is 56.4 Å². The van der Waals surface area contributed by atoms with Crippen LogP contribution in [0.15, 0.2) is 29.2 Å². The number of benzene rings is 1. The molecular weight excluding hydrogens is 276 g/mol. The minimum atomic E-state index is -0.303. The molecule has 1 aromatic carbocycles. The second-order valence-corrected chi connectivity index (χ2v) is 7.66. The number of nitrogens with one attached hydrogen (secondary N) is 1. The lowest BCUT2D eigenvalue weighted by atomic mass is 9.82. The summed E-state index contributed by atoms with van der Waals surface area (Å²) in [5.41, 5.74) is 1.09. The lowest BCUT2D eigenvalue weighted by Crippen LogP contribution is -2.48. The lowest BCUT2D eigenvalue weighted by Gasteiger charge is -2.36. The van der Waals surface area contributed by atoms with Gasteiger partial charge in [-0.1, -0.05) is 32.9 Å². The van der Waals surface area contributed by atoms with E-state index in [9.17, 15) is 5.26 Å². The molecule has 1 aromatic rings. The molecule has 2 rings (SSSR count). The van der Waals surface area contributed by atoms with Gasteiger partial charge in [0.1, 0.15) is 5.54 Å². The summed E-state index contributed by atoms with van der Waals surface area (Å²) in [6.45, 7) is 7.40. The third-order valence-corrected chi connectivity index (χ3v) is 5.56. The molecule has 0 aliphatic heterocycles. The normalized spacial score (nSPS) is 25.8. The summed E-state index contributed by atoms with van der Waals surface area (Å²) in [6, 6.07) is 11.5. The maximum Gasteiger partial charge on any atom is 0.107 e. The Bertz CT molecular complexity index is 485. The summed E-state index contributed by atoms with van der Waals surface area (Å²) in [4.78, 5) is 1.33. The third-order valence-electron chi connectivity index (χ3n) is 4.28. The van der Waals surface area contributed by atoms with Gasteiger partial charge in [-0.15, -0.1) is 11.8 Å². The molecule has 0 spiro atoms. The fourth-order valence-corrected chi connectivity index (χ4v) is 4.42. The van der Waals surface area contributed by atoms with Gasteiger partial charge in [0.25, 0.3) is 0 Å². The van der Waals surface area contributed by atoms with E-state index in [1.54, 1.807) is 0 Å². The van der Waals surface area contributed by atoms with E-state index in [0.717, 1.165) is 25.8 Å². The molecule has 0 aromatic heterocycles. The van der Waals surface area contributed by atoms with Crippen molar-refractivity contribution < 1.29 is 0 Å². The van der Waals surface area contributed by atoms with Crippen LogP contribution in [0.2, 0.25) is 0 Å². The second kappa shape index (κ2) is 7.33. The van der Waals surface area contributed by atoms with Crippen molar-refractivity contribution in [2.24, 2.45) is 0 Å². The molecule has 1 N–H and O–H groups in total. The molecule has 2 unspecified atom stereocenters. The van der Waals surface area contributed by atoms with Gasteiger partial charge in [-0.3, -0.25) is 5.32 Å². The first kappa shape index (κ1) is 16.4. The fraction of sp³-hybridized carbons (Fsp3) is 0.611. The monoisotopic (exact) mass is 302 g/mol. The molecule has 1 aliphatic carbocycles. The van der Waals surface area contributed by atoms with Crippen LogP contribution in [0.1, 0.15) is 57.9 Å². The predicted molar refractivity (Wildman–Crippen MR) is 90.7 cm³/mol. The SMILES string of the molecule is CCNC1(C#N)CCCC(Sc2ccc(C(C)C)cc2)C1. The number of thioether (sulfide) groups is 1. The van der Waals surface area contributed by atoms with Crippen LogP contribution in [0, 0.1) is 11.3 Å². The fourth-order valence-electron chi connectivity index (χ4n) is 3.09. The van der Waals surface area contributed by atoms with Crippen molar-refractivity contribution in [1.29, 1.82) is 5.26 Å². The number of nitriles is 1. The molecule has 0 heterocycles. The van der Waals surface area contributed by atoms with Crippen LogP contribution in [0.25, 0.3) is 0 Å². The van der Waals surface area contributed by atoms with E-state index in [0.29, 0.717) is 11.2 Å². The maximum atomic E-state index is 9.53. The van der Waals surface area contributed by atoms with Gasteiger partial charge >= 0.3 is 0 Å². The van der Waals surface area contributed by atoms with Crippen LogP contribution in [0.5, 0.6) is 0 Å². The van der Waals surface area contributed by atoms with Gasteiger partial charge in [-0.05, 0) is 55.8 Å². The van der Waals surface area contributed by atoms with Gasteiger partial charge in [-0.25, -0.2) is 0 Å². The van der Waals surface area contributed by atoms with Crippen molar-refractivity contribution in [2.75, 3.05) is 6.54 Å². The lowest BCUT2D eigenvalue weighted by molar-refractivity contribution is 0.309. The van der Waals surface area contributed by atoms with Crippen molar-refractivity contribution in [2.45, 2.75) is 68.1 Å². The van der Waals surface area contributed by atoms with E-state index >= 15 is 0 Å². The van der Waals surface area contributed by atoms with Crippen LogP contribution in [0.4, 0.5) is 0 Å². The third kappa shape index (κ3) is 4.25. The van der Waals surface area contributed by atoms with Crippen molar-refractivity contribution in [3.8, 4) is 6.07 Å². The van der Waals surface area contributed by atoms with Crippen LogP contribution >= 0.6 is 11.8 Å². The molecule has 2 atom stereocenters. The first-order valence-electron chi connectivity index (χ1n) is 8.01. The molecule has 0 amide bonds. The summed E-state index contributed by atoms with van der Waals surface area (Å²) >= 11 is 1.94. The van der Waals surface area contributed by atoms with Crippen molar-refractivity contribution in [3.63, 3.8) is 0 Å². The number of nitrogens with zero attached hydrogens (tertiary/aromatic N) is 1. The standard InChI is InChI=1S/C18H26N2S/c1-4-20-18(13-19)11-5-6-17(12-18)21-16-9-7-15(8-10-16)14(2)3/h7-10,14,17,20H,4-6,11-12H2,1-3H3. The zero-order chi connectivity index (χ0) is 15.3. The number of hydrogen-bond acceptors (Lipinski definition) is 3. The van der Waals surface area contributed by atoms with E-state index in [1.807, 2.05) is 11.8 Å². The summed E-state index contributed by atoms with van der Waals surface area (Å²) in [6.07, 6.45) is 4.29. The van der Waals surface area contributed by atoms with Crippen LogP contribution in [0.3, 0.4) is 0 Å². The zero-order valence-corrected chi connectivity index (χ0v) is 14.2. The molecule has 0 bridgehead atoms. The summed E-state index contributed by atoms with van der Waals surface area (Å²) < 4.78 is 0. The van der Waals surface area contributed by atoms with Crippen LogP contribution < -0.4 is 5.32 Å². The molecule has 21 heavy (non-hydrogen) atoms. The van der Waals surface area contributed by atoms with E-state index in [4.69, 9.17) is 0 Å². The summed E-state index contributed by atoms with van der Waals surface area (Å²) in [5.74, 6) is 0.582. The van der Waals surface area contributed by atoms with Gasteiger partial charge in [0.05, 0.1) is 6.07 Å². The van der Waals surface area contributed by atoms with E-state index < -0.39 is 0 Å². The quantitative estimate of drug-likeness (QED) is 0.855. The molecule has 1 aliphatic rings. The van der Waals surface area contributed by atoms with Crippen molar-refractivity contribution in [3.05, 3.63) is 29.8 Å². The highest BCUT2D eigenvalue weighted by atomic mass is 32.2. The molecular formula is C18H26N2S. The summed E-state index contributed by atoms with van der Waals surface area (Å²) in [5, 5.41) is 13.5. The van der Waals surface area contributed by atoms with Gasteiger partial charge < -0.3 is 0 Å². The minimum Gasteiger partial charge on any atom is -0.300 e. The first-order chi connectivity index (χ1) is 10.1. The Morgan fingerprint density at radius 3 is 2.67 bits per heavy atom. The Morgan fingerprint density at radius 1 is 1.38 bits per heavy atom. The van der Waals surface area contributed by atoms with Gasteiger partial charge in [0, 0.05) is 10.1 Å². The Morgan fingerprint density at radius 2 is 2.10 bits per heavy atom. The predicted octanol–water partition coefficient (Wildman–Crippen LogP) is 4.72. The van der Waals surface area contributed by atoms with Gasteiger partial charge in [0.15, 0.2) is 0 Å². The largest absolute Gasteiger partial charge is 0.300 e. The molecule has 114 valence electrons. The average molecular weight is 302 g/mol. The number of rotatable bonds is 5. The Hall–Kier alpha value is -0.980.